The molecule has 0 aromatic carbocycles. The minimum atomic E-state index is -2.56. The number of hydrogen-bond donors (Lipinski definition) is 3. The molecule has 0 aliphatic heterocycles. The van der Waals surface area contributed by atoms with E-state index in [1.807, 2.05) is 0 Å². The van der Waals surface area contributed by atoms with Gasteiger partial charge in [-0.05, 0) is 72.5 Å². The molecule has 4 aliphatic carbocycles. The number of carbonyl (C=O) groups excluding carboxylic acids is 1. The first-order valence-corrected chi connectivity index (χ1v) is 10.4. The maximum Gasteiger partial charge on any atom is 0.275 e. The van der Waals surface area contributed by atoms with E-state index in [1.165, 1.54) is 12.0 Å². The first-order valence-electron chi connectivity index (χ1n) is 10.4. The highest BCUT2D eigenvalue weighted by atomic mass is 16.7. The van der Waals surface area contributed by atoms with Crippen molar-refractivity contribution >= 4 is 5.78 Å². The Morgan fingerprint density at radius 3 is 2.58 bits per heavy atom. The van der Waals surface area contributed by atoms with Gasteiger partial charge in [0.05, 0.1) is 0 Å². The average Bonchev–Trinajstić information content (AvgIpc) is 2.82. The third-order valence-electron chi connectivity index (χ3n) is 8.90. The fourth-order valence-electron chi connectivity index (χ4n) is 7.87. The average molecular weight is 363 g/mol. The Bertz CT molecular complexity index is 633. The topological polar surface area (TPSA) is 77.8 Å². The summed E-state index contributed by atoms with van der Waals surface area (Å²) < 4.78 is 0. The number of rotatable bonds is 2. The summed E-state index contributed by atoms with van der Waals surface area (Å²) >= 11 is 0. The quantitative estimate of drug-likeness (QED) is 0.520. The van der Waals surface area contributed by atoms with Crippen molar-refractivity contribution in [3.05, 3.63) is 11.6 Å². The van der Waals surface area contributed by atoms with Crippen LogP contribution in [0.4, 0.5) is 0 Å². The zero-order chi connectivity index (χ0) is 18.9. The molecule has 0 amide bonds. The molecule has 1 unspecified atom stereocenters. The second-order valence-electron chi connectivity index (χ2n) is 10.3. The summed E-state index contributed by atoms with van der Waals surface area (Å²) in [6.45, 7) is 6.97. The molecule has 3 fully saturated rings. The molecule has 0 saturated heterocycles. The number of Topliss-reactive ketones (excluding diaryl/α,β-unsaturated/α-hetero) is 1. The SMILES string of the molecule is CC1C[C@H]2[C@@H]3CC[C@H](CC(O)(O)O)[C@@]3(C)CC[C@@H]2[C@@]2(C)CC(=O)CC=C12. The van der Waals surface area contributed by atoms with Gasteiger partial charge in [0, 0.05) is 19.3 Å². The molecular weight excluding hydrogens is 328 g/mol. The lowest BCUT2D eigenvalue weighted by Crippen LogP contribution is -2.53. The number of hydrogen-bond acceptors (Lipinski definition) is 4. The third kappa shape index (κ3) is 2.71. The van der Waals surface area contributed by atoms with Crippen LogP contribution in [0.2, 0.25) is 0 Å². The summed E-state index contributed by atoms with van der Waals surface area (Å²) in [4.78, 5) is 12.3. The molecule has 4 rings (SSSR count). The van der Waals surface area contributed by atoms with Gasteiger partial charge in [0.25, 0.3) is 5.97 Å². The molecule has 3 N–H and O–H groups in total. The highest BCUT2D eigenvalue weighted by Gasteiger charge is 2.60. The summed E-state index contributed by atoms with van der Waals surface area (Å²) in [5.74, 6) is 0.237. The minimum absolute atomic E-state index is 0.0196. The van der Waals surface area contributed by atoms with Crippen LogP contribution in [0, 0.1) is 40.4 Å². The fourth-order valence-corrected chi connectivity index (χ4v) is 7.87. The lowest BCUT2D eigenvalue weighted by atomic mass is 9.45. The molecule has 0 aromatic heterocycles. The van der Waals surface area contributed by atoms with Crippen molar-refractivity contribution < 1.29 is 20.1 Å². The molecular formula is C22H34O4. The van der Waals surface area contributed by atoms with Crippen LogP contribution >= 0.6 is 0 Å². The standard InChI is InChI=1S/C22H34O4/c1-13-10-16-18-6-4-14(11-22(24,25)26)20(18,2)9-8-19(16)21(3)12-15(23)5-7-17(13)21/h7,13-14,16,18-19,24-26H,4-6,8-12H2,1-3H3/t13?,14-,16+,18+,19+,20-,21+/m1/s1. The van der Waals surface area contributed by atoms with Crippen molar-refractivity contribution in [3.8, 4) is 0 Å². The van der Waals surface area contributed by atoms with Crippen LogP contribution < -0.4 is 0 Å². The summed E-state index contributed by atoms with van der Waals surface area (Å²) in [6, 6.07) is 0. The van der Waals surface area contributed by atoms with Crippen molar-refractivity contribution in [2.75, 3.05) is 0 Å². The number of aliphatic hydroxyl groups is 3. The first-order chi connectivity index (χ1) is 12.0. The van der Waals surface area contributed by atoms with Gasteiger partial charge in [-0.3, -0.25) is 4.79 Å². The van der Waals surface area contributed by atoms with Crippen LogP contribution in [0.15, 0.2) is 11.6 Å². The van der Waals surface area contributed by atoms with E-state index in [0.29, 0.717) is 42.3 Å². The number of ketones is 1. The first kappa shape index (κ1) is 18.6. The Kier molecular flexibility index (Phi) is 4.22. The van der Waals surface area contributed by atoms with Gasteiger partial charge >= 0.3 is 0 Å². The van der Waals surface area contributed by atoms with E-state index in [9.17, 15) is 20.1 Å². The van der Waals surface area contributed by atoms with E-state index in [4.69, 9.17) is 0 Å². The van der Waals surface area contributed by atoms with E-state index in [-0.39, 0.29) is 23.2 Å². The van der Waals surface area contributed by atoms with Gasteiger partial charge in [-0.2, -0.15) is 0 Å². The van der Waals surface area contributed by atoms with Crippen molar-refractivity contribution in [2.24, 2.45) is 40.4 Å². The molecule has 4 nitrogen and oxygen atoms in total. The van der Waals surface area contributed by atoms with Gasteiger partial charge in [-0.1, -0.05) is 32.4 Å². The number of fused-ring (bicyclic) bond motifs is 5. The van der Waals surface area contributed by atoms with E-state index in [2.05, 4.69) is 26.8 Å². The second kappa shape index (κ2) is 5.89. The van der Waals surface area contributed by atoms with Gasteiger partial charge in [-0.15, -0.1) is 0 Å². The molecule has 26 heavy (non-hydrogen) atoms. The van der Waals surface area contributed by atoms with Crippen LogP contribution in [0.25, 0.3) is 0 Å². The van der Waals surface area contributed by atoms with Crippen LogP contribution in [0.1, 0.15) is 72.1 Å². The Morgan fingerprint density at radius 2 is 1.88 bits per heavy atom. The predicted molar refractivity (Wildman–Crippen MR) is 98.8 cm³/mol. The second-order valence-corrected chi connectivity index (χ2v) is 10.3. The van der Waals surface area contributed by atoms with E-state index < -0.39 is 5.97 Å². The largest absolute Gasteiger partial charge is 0.344 e. The van der Waals surface area contributed by atoms with Crippen molar-refractivity contribution in [3.63, 3.8) is 0 Å². The predicted octanol–water partition coefficient (Wildman–Crippen LogP) is 3.40. The molecule has 0 bridgehead atoms. The Hall–Kier alpha value is -0.710. The monoisotopic (exact) mass is 362 g/mol. The van der Waals surface area contributed by atoms with Gasteiger partial charge in [0.15, 0.2) is 0 Å². The molecule has 3 saturated carbocycles. The van der Waals surface area contributed by atoms with Gasteiger partial charge in [0.2, 0.25) is 0 Å². The number of carbonyl (C=O) groups is 1. The zero-order valence-corrected chi connectivity index (χ0v) is 16.4. The smallest absolute Gasteiger partial charge is 0.275 e. The highest BCUT2D eigenvalue weighted by molar-refractivity contribution is 5.82. The normalized spacial score (nSPS) is 48.5. The Labute approximate surface area is 156 Å². The van der Waals surface area contributed by atoms with Crippen LogP contribution in [-0.2, 0) is 4.79 Å². The Morgan fingerprint density at radius 1 is 1.15 bits per heavy atom. The lowest BCUT2D eigenvalue weighted by Gasteiger charge is -2.59. The van der Waals surface area contributed by atoms with E-state index in [0.717, 1.165) is 25.7 Å². The van der Waals surface area contributed by atoms with Gasteiger partial charge in [0.1, 0.15) is 5.78 Å². The molecule has 0 spiro atoms. The fraction of sp³-hybridized carbons (Fsp3) is 0.864. The van der Waals surface area contributed by atoms with Crippen molar-refractivity contribution in [1.82, 2.24) is 0 Å². The third-order valence-corrected chi connectivity index (χ3v) is 8.90. The van der Waals surface area contributed by atoms with Gasteiger partial charge in [-0.25, -0.2) is 0 Å². The maximum absolute atomic E-state index is 12.3. The molecule has 4 aliphatic rings. The summed E-state index contributed by atoms with van der Waals surface area (Å²) in [5.41, 5.74) is 1.61. The molecule has 4 heteroatoms. The van der Waals surface area contributed by atoms with Gasteiger partial charge < -0.3 is 15.3 Å². The van der Waals surface area contributed by atoms with Crippen molar-refractivity contribution in [1.29, 1.82) is 0 Å². The van der Waals surface area contributed by atoms with E-state index >= 15 is 0 Å². The van der Waals surface area contributed by atoms with E-state index in [1.54, 1.807) is 0 Å². The van der Waals surface area contributed by atoms with Crippen LogP contribution in [0.5, 0.6) is 0 Å². The molecule has 146 valence electrons. The van der Waals surface area contributed by atoms with Crippen LogP contribution in [0.3, 0.4) is 0 Å². The van der Waals surface area contributed by atoms with Crippen LogP contribution in [-0.4, -0.2) is 27.1 Å². The summed E-state index contributed by atoms with van der Waals surface area (Å²) in [6.07, 6.45) is 9.02. The molecule has 7 atom stereocenters. The number of allylic oxidation sites excluding steroid dienone is 2. The highest BCUT2D eigenvalue weighted by Crippen LogP contribution is 2.67. The van der Waals surface area contributed by atoms with Crippen molar-refractivity contribution in [2.45, 2.75) is 78.1 Å². The molecule has 0 radical (unpaired) electrons. The zero-order valence-electron chi connectivity index (χ0n) is 16.4. The maximum atomic E-state index is 12.3. The Balaban J connectivity index is 1.65. The lowest BCUT2D eigenvalue weighted by molar-refractivity contribution is -0.323. The molecule has 0 aromatic rings. The minimum Gasteiger partial charge on any atom is -0.344 e. The molecule has 0 heterocycles. The summed E-state index contributed by atoms with van der Waals surface area (Å²) in [7, 11) is 0. The summed E-state index contributed by atoms with van der Waals surface area (Å²) in [5, 5.41) is 28.6.